The number of carbonyl (C=O) groups excluding carboxylic acids is 1. The lowest BCUT2D eigenvalue weighted by Gasteiger charge is -2.44. The molecular formula is C24H21F3N6O2. The van der Waals surface area contributed by atoms with Gasteiger partial charge in [0.25, 0.3) is 5.91 Å². The number of nitrogens with two attached hydrogens (primary N) is 1. The monoisotopic (exact) mass is 482 g/mol. The van der Waals surface area contributed by atoms with Crippen LogP contribution in [0, 0.1) is 5.41 Å². The van der Waals surface area contributed by atoms with Crippen LogP contribution in [0.2, 0.25) is 0 Å². The number of ether oxygens (including phenoxy) is 1. The molecule has 180 valence electrons. The number of likely N-dealkylation sites (tertiary alicyclic amines) is 1. The Morgan fingerprint density at radius 1 is 1.20 bits per heavy atom. The van der Waals surface area contributed by atoms with Gasteiger partial charge in [-0.15, -0.1) is 0 Å². The number of carbonyl (C=O) groups is 1. The van der Waals surface area contributed by atoms with E-state index >= 15 is 0 Å². The molecule has 1 fully saturated rings. The Hall–Kier alpha value is -3.89. The number of halogens is 3. The second kappa shape index (κ2) is 7.06. The first-order valence-corrected chi connectivity index (χ1v) is 11.1. The summed E-state index contributed by atoms with van der Waals surface area (Å²) >= 11 is 0. The summed E-state index contributed by atoms with van der Waals surface area (Å²) in [4.78, 5) is 28.3. The number of benzene rings is 1. The van der Waals surface area contributed by atoms with E-state index in [2.05, 4.69) is 15.0 Å². The fourth-order valence-electron chi connectivity index (χ4n) is 5.22. The highest BCUT2D eigenvalue weighted by molar-refractivity contribution is 5.96. The summed E-state index contributed by atoms with van der Waals surface area (Å²) in [5, 5.41) is 0. The van der Waals surface area contributed by atoms with Crippen molar-refractivity contribution in [1.29, 1.82) is 0 Å². The van der Waals surface area contributed by atoms with E-state index in [1.165, 1.54) is 12.3 Å². The number of alkyl halides is 3. The maximum absolute atomic E-state index is 13.8. The molecule has 2 atom stereocenters. The fourth-order valence-corrected chi connectivity index (χ4v) is 5.22. The molecule has 1 aromatic carbocycles. The van der Waals surface area contributed by atoms with Gasteiger partial charge in [-0.25, -0.2) is 15.0 Å². The van der Waals surface area contributed by atoms with Gasteiger partial charge in [-0.1, -0.05) is 19.9 Å². The van der Waals surface area contributed by atoms with E-state index in [0.29, 0.717) is 40.9 Å². The summed E-state index contributed by atoms with van der Waals surface area (Å²) in [6, 6.07) is 4.59. The average molecular weight is 482 g/mol. The lowest BCUT2D eigenvalue weighted by Crippen LogP contribution is -2.51. The molecule has 0 unspecified atom stereocenters. The van der Waals surface area contributed by atoms with E-state index in [9.17, 15) is 18.0 Å². The van der Waals surface area contributed by atoms with Crippen LogP contribution in [0.3, 0.4) is 0 Å². The quantitative estimate of drug-likeness (QED) is 0.436. The van der Waals surface area contributed by atoms with Gasteiger partial charge < -0.3 is 15.4 Å². The molecule has 0 radical (unpaired) electrons. The Balaban J connectivity index is 1.43. The minimum absolute atomic E-state index is 0.164. The van der Waals surface area contributed by atoms with Gasteiger partial charge in [0, 0.05) is 12.1 Å². The minimum atomic E-state index is -4.48. The molecule has 0 saturated carbocycles. The number of nitrogens with zero attached hydrogens (tertiary/aromatic N) is 5. The lowest BCUT2D eigenvalue weighted by molar-refractivity contribution is -0.137. The first-order chi connectivity index (χ1) is 16.5. The smallest absolute Gasteiger partial charge is 0.416 e. The summed E-state index contributed by atoms with van der Waals surface area (Å²) in [6.07, 6.45) is 0.323. The van der Waals surface area contributed by atoms with Gasteiger partial charge in [0.1, 0.15) is 34.4 Å². The number of piperidine rings is 1. The maximum atomic E-state index is 13.8. The molecule has 0 aliphatic carbocycles. The number of rotatable bonds is 1. The van der Waals surface area contributed by atoms with Crippen LogP contribution in [0.4, 0.5) is 19.0 Å². The molecule has 11 heteroatoms. The molecule has 6 rings (SSSR count). The van der Waals surface area contributed by atoms with E-state index in [0.717, 1.165) is 12.1 Å². The van der Waals surface area contributed by atoms with E-state index in [4.69, 9.17) is 10.5 Å². The van der Waals surface area contributed by atoms with Crippen LogP contribution in [0.1, 0.15) is 47.9 Å². The third-order valence-corrected chi connectivity index (χ3v) is 6.72. The zero-order valence-corrected chi connectivity index (χ0v) is 18.9. The number of hydrogen-bond donors (Lipinski definition) is 1. The van der Waals surface area contributed by atoms with Crippen molar-refractivity contribution in [3.8, 4) is 5.75 Å². The second-order valence-corrected chi connectivity index (χ2v) is 9.86. The molecule has 0 spiro atoms. The van der Waals surface area contributed by atoms with Gasteiger partial charge in [-0.05, 0) is 30.0 Å². The van der Waals surface area contributed by atoms with Crippen LogP contribution in [-0.2, 0) is 6.18 Å². The Morgan fingerprint density at radius 2 is 2.00 bits per heavy atom. The van der Waals surface area contributed by atoms with Gasteiger partial charge in [0.15, 0.2) is 0 Å². The Bertz CT molecular complexity index is 1510. The molecule has 8 nitrogen and oxygen atoms in total. The Kier molecular flexibility index (Phi) is 4.36. The summed E-state index contributed by atoms with van der Waals surface area (Å²) in [5.74, 6) is 0.127. The number of fused-ring (bicyclic) bond motifs is 6. The molecule has 3 aromatic heterocycles. The number of nitrogen functional groups attached to an aromatic ring is 1. The number of imidazole rings is 1. The van der Waals surface area contributed by atoms with Gasteiger partial charge in [-0.2, -0.15) is 13.2 Å². The molecule has 1 saturated heterocycles. The van der Waals surface area contributed by atoms with Crippen LogP contribution in [-0.4, -0.2) is 42.8 Å². The SMILES string of the molecule is CC1(C)C[C@@H]2Oc3cc(C(F)(F)F)ccc3[C@@H]2N(C(=O)c2cc3c(cn2)nc(N)c2cncn23)C1. The number of pyridine rings is 1. The predicted octanol–water partition coefficient (Wildman–Crippen LogP) is 4.25. The van der Waals surface area contributed by atoms with Crippen LogP contribution in [0.25, 0.3) is 16.6 Å². The average Bonchev–Trinajstić information content (AvgIpc) is 3.41. The van der Waals surface area contributed by atoms with Crippen LogP contribution in [0.15, 0.2) is 43.0 Å². The van der Waals surface area contributed by atoms with Crippen molar-refractivity contribution in [2.24, 2.45) is 5.41 Å². The van der Waals surface area contributed by atoms with Gasteiger partial charge in [0.05, 0.1) is 35.8 Å². The van der Waals surface area contributed by atoms with E-state index in [1.807, 2.05) is 13.8 Å². The first kappa shape index (κ1) is 21.6. The lowest BCUT2D eigenvalue weighted by atomic mass is 9.78. The Morgan fingerprint density at radius 3 is 2.77 bits per heavy atom. The highest BCUT2D eigenvalue weighted by Crippen LogP contribution is 2.50. The molecular weight excluding hydrogens is 461 g/mol. The summed E-state index contributed by atoms with van der Waals surface area (Å²) < 4.78 is 47.5. The molecule has 4 aromatic rings. The standard InChI is InChI=1S/C24H21F3N6O2/c1-23(2)7-19-20(13-4-3-12(24(25,26)27)5-18(13)35-19)32(10-23)22(34)14-6-16-15(8-30-14)31-21(28)17-9-29-11-33(16)17/h3-6,8-9,11,19-20H,7,10H2,1-2H3,(H2,28,31)/t19-,20-/m0/s1. The topological polar surface area (TPSA) is 98.6 Å². The second-order valence-electron chi connectivity index (χ2n) is 9.86. The highest BCUT2D eigenvalue weighted by atomic mass is 19.4. The van der Waals surface area contributed by atoms with Crippen molar-refractivity contribution in [3.05, 3.63) is 59.8 Å². The van der Waals surface area contributed by atoms with E-state index in [-0.39, 0.29) is 22.8 Å². The van der Waals surface area contributed by atoms with Gasteiger partial charge >= 0.3 is 6.18 Å². The maximum Gasteiger partial charge on any atom is 0.416 e. The molecule has 2 aliphatic rings. The summed E-state index contributed by atoms with van der Waals surface area (Å²) in [7, 11) is 0. The number of aromatic nitrogens is 4. The van der Waals surface area contributed by atoms with Crippen LogP contribution >= 0.6 is 0 Å². The molecule has 2 aliphatic heterocycles. The Labute approximate surface area is 197 Å². The van der Waals surface area contributed by atoms with E-state index < -0.39 is 23.9 Å². The zero-order valence-electron chi connectivity index (χ0n) is 18.9. The fraction of sp³-hybridized carbons (Fsp3) is 0.333. The molecule has 2 N–H and O–H groups in total. The number of hydrogen-bond acceptors (Lipinski definition) is 6. The van der Waals surface area contributed by atoms with Crippen molar-refractivity contribution >= 4 is 28.3 Å². The summed E-state index contributed by atoms with van der Waals surface area (Å²) in [6.45, 7) is 4.41. The largest absolute Gasteiger partial charge is 0.488 e. The third-order valence-electron chi connectivity index (χ3n) is 6.72. The van der Waals surface area contributed by atoms with Gasteiger partial charge in [-0.3, -0.25) is 9.20 Å². The highest BCUT2D eigenvalue weighted by Gasteiger charge is 2.49. The number of anilines is 1. The first-order valence-electron chi connectivity index (χ1n) is 11.1. The van der Waals surface area contributed by atoms with Crippen LogP contribution < -0.4 is 10.5 Å². The third kappa shape index (κ3) is 3.36. The van der Waals surface area contributed by atoms with Crippen molar-refractivity contribution in [3.63, 3.8) is 0 Å². The molecule has 0 bridgehead atoms. The normalized spacial score (nSPS) is 21.1. The zero-order chi connectivity index (χ0) is 24.7. The van der Waals surface area contributed by atoms with Crippen molar-refractivity contribution < 1.29 is 22.7 Å². The molecule has 1 amide bonds. The van der Waals surface area contributed by atoms with Crippen molar-refractivity contribution in [2.45, 2.75) is 38.6 Å². The molecule has 5 heterocycles. The van der Waals surface area contributed by atoms with E-state index in [1.54, 1.807) is 27.9 Å². The molecule has 35 heavy (non-hydrogen) atoms. The predicted molar refractivity (Wildman–Crippen MR) is 121 cm³/mol. The van der Waals surface area contributed by atoms with Gasteiger partial charge in [0.2, 0.25) is 0 Å². The van der Waals surface area contributed by atoms with Crippen molar-refractivity contribution in [2.75, 3.05) is 12.3 Å². The van der Waals surface area contributed by atoms with Crippen LogP contribution in [0.5, 0.6) is 5.75 Å². The number of amides is 1. The van der Waals surface area contributed by atoms with Crippen molar-refractivity contribution in [1.82, 2.24) is 24.3 Å². The minimum Gasteiger partial charge on any atom is -0.488 e. The summed E-state index contributed by atoms with van der Waals surface area (Å²) in [5.41, 5.74) is 7.41.